The van der Waals surface area contributed by atoms with Crippen LogP contribution < -0.4 is 0 Å². The molecule has 0 saturated heterocycles. The summed E-state index contributed by atoms with van der Waals surface area (Å²) in [7, 11) is 0. The van der Waals surface area contributed by atoms with Crippen LogP contribution in [0.25, 0.3) is 0 Å². The lowest BCUT2D eigenvalue weighted by atomic mass is 9.60. The van der Waals surface area contributed by atoms with Crippen LogP contribution in [0.3, 0.4) is 0 Å². The van der Waals surface area contributed by atoms with Crippen molar-refractivity contribution >= 4 is 0 Å². The van der Waals surface area contributed by atoms with E-state index in [0.29, 0.717) is 0 Å². The molecule has 0 heterocycles. The van der Waals surface area contributed by atoms with E-state index in [1.807, 2.05) is 0 Å². The molecule has 3 aliphatic rings. The lowest BCUT2D eigenvalue weighted by Crippen LogP contribution is -2.34. The lowest BCUT2D eigenvalue weighted by molar-refractivity contribution is 0.119. The Morgan fingerprint density at radius 1 is 0.500 bits per heavy atom. The normalized spacial score (nSPS) is 35.1. The Balaban J connectivity index is 1.36. The van der Waals surface area contributed by atoms with Crippen LogP contribution in [0.1, 0.15) is 168 Å². The maximum Gasteiger partial charge on any atom is 0.0689 e. The molecule has 36 heavy (non-hydrogen) atoms. The molecule has 0 spiro atoms. The van der Waals surface area contributed by atoms with Gasteiger partial charge >= 0.3 is 0 Å². The highest BCUT2D eigenvalue weighted by molar-refractivity contribution is 5.10. The van der Waals surface area contributed by atoms with Crippen molar-refractivity contribution in [3.63, 3.8) is 0 Å². The van der Waals surface area contributed by atoms with Crippen LogP contribution in [0.5, 0.6) is 0 Å². The summed E-state index contributed by atoms with van der Waals surface area (Å²) in [5, 5.41) is 20.4. The van der Waals surface area contributed by atoms with E-state index >= 15 is 0 Å². The lowest BCUT2D eigenvalue weighted by Gasteiger charge is -2.41. The third-order valence-electron chi connectivity index (χ3n) is 11.1. The van der Waals surface area contributed by atoms with Crippen LogP contribution in [0.15, 0.2) is 0 Å². The van der Waals surface area contributed by atoms with E-state index in [0.717, 1.165) is 62.2 Å². The number of rotatable bonds is 14. The highest BCUT2D eigenvalue weighted by atomic mass is 14.5. The molecule has 0 radical (unpaired) electrons. The fourth-order valence-electron chi connectivity index (χ4n) is 7.99. The molecular formula is C34H58N2. The van der Waals surface area contributed by atoms with E-state index in [1.54, 1.807) is 0 Å². The summed E-state index contributed by atoms with van der Waals surface area (Å²) in [4.78, 5) is 0. The van der Waals surface area contributed by atoms with Gasteiger partial charge in [0.15, 0.2) is 0 Å². The van der Waals surface area contributed by atoms with E-state index in [-0.39, 0.29) is 10.8 Å². The van der Waals surface area contributed by atoms with Crippen molar-refractivity contribution < 1.29 is 0 Å². The van der Waals surface area contributed by atoms with Gasteiger partial charge in [-0.15, -0.1) is 0 Å². The Labute approximate surface area is 225 Å². The minimum Gasteiger partial charge on any atom is -0.198 e. The predicted molar refractivity (Wildman–Crippen MR) is 152 cm³/mol. The van der Waals surface area contributed by atoms with Crippen LogP contribution in [0, 0.1) is 57.2 Å². The average molecular weight is 495 g/mol. The fourth-order valence-corrected chi connectivity index (χ4v) is 7.99. The minimum atomic E-state index is -0.144. The fraction of sp³-hybridized carbons (Fsp3) is 0.941. The first-order valence-corrected chi connectivity index (χ1v) is 16.4. The molecule has 0 bridgehead atoms. The van der Waals surface area contributed by atoms with Crippen molar-refractivity contribution in [1.82, 2.24) is 0 Å². The van der Waals surface area contributed by atoms with Gasteiger partial charge in [-0.3, -0.25) is 0 Å². The molecule has 0 aliphatic heterocycles. The van der Waals surface area contributed by atoms with Crippen LogP contribution in [-0.4, -0.2) is 0 Å². The summed E-state index contributed by atoms with van der Waals surface area (Å²) in [5.74, 6) is 3.63. The van der Waals surface area contributed by atoms with Gasteiger partial charge in [-0.25, -0.2) is 0 Å². The molecule has 2 heteroatoms. The SMILES string of the molecule is CCCCC[C@H]1CC[C@H](CC[C@]2(C#N)CC[C@@](C#N)(CC[C@H]3CC[C@H](CCCCC)CC3)CC2)CC1. The molecule has 3 fully saturated rings. The van der Waals surface area contributed by atoms with Crippen LogP contribution >= 0.6 is 0 Å². The molecular weight excluding hydrogens is 436 g/mol. The zero-order chi connectivity index (χ0) is 25.7. The smallest absolute Gasteiger partial charge is 0.0689 e. The Hall–Kier alpha value is -1.02. The Morgan fingerprint density at radius 2 is 0.806 bits per heavy atom. The number of hydrogen-bond donors (Lipinski definition) is 0. The molecule has 0 N–H and O–H groups in total. The number of unbranched alkanes of at least 4 members (excludes halogenated alkanes) is 4. The minimum absolute atomic E-state index is 0.144. The molecule has 0 aromatic carbocycles. The molecule has 204 valence electrons. The second-order valence-electron chi connectivity index (χ2n) is 13.6. The van der Waals surface area contributed by atoms with Gasteiger partial charge in [-0.2, -0.15) is 10.5 Å². The van der Waals surface area contributed by atoms with E-state index in [2.05, 4.69) is 26.0 Å². The number of nitrogens with zero attached hydrogens (tertiary/aromatic N) is 2. The molecule has 0 atom stereocenters. The van der Waals surface area contributed by atoms with E-state index in [9.17, 15) is 10.5 Å². The average Bonchev–Trinajstić information content (AvgIpc) is 2.93. The Bertz CT molecular complexity index is 613. The predicted octanol–water partition coefficient (Wildman–Crippen LogP) is 10.9. The first-order chi connectivity index (χ1) is 17.6. The molecule has 2 nitrogen and oxygen atoms in total. The number of nitriles is 2. The Morgan fingerprint density at radius 3 is 1.08 bits per heavy atom. The van der Waals surface area contributed by atoms with Gasteiger partial charge in [0.1, 0.15) is 0 Å². The standard InChI is InChI=1S/C34H58N2/c1-3-5-7-9-29-11-15-31(16-12-29)19-21-33(27-35)23-25-34(28-36,26-24-33)22-20-32-17-13-30(14-18-32)10-8-6-4-2/h29-32H,3-26H2,1-2H3/t29-,30-,31-,32-,33-,34-. The van der Waals surface area contributed by atoms with E-state index in [1.165, 1.54) is 116 Å². The quantitative estimate of drug-likeness (QED) is 0.225. The first kappa shape index (κ1) is 29.5. The van der Waals surface area contributed by atoms with Crippen molar-refractivity contribution in [2.75, 3.05) is 0 Å². The maximum atomic E-state index is 10.2. The molecule has 0 aromatic heterocycles. The van der Waals surface area contributed by atoms with Crippen LogP contribution in [-0.2, 0) is 0 Å². The van der Waals surface area contributed by atoms with Gasteiger partial charge in [0, 0.05) is 0 Å². The summed E-state index contributed by atoms with van der Waals surface area (Å²) < 4.78 is 0. The van der Waals surface area contributed by atoms with Gasteiger partial charge in [0.2, 0.25) is 0 Å². The molecule has 3 saturated carbocycles. The summed E-state index contributed by atoms with van der Waals surface area (Å²) in [5.41, 5.74) is -0.288. The second kappa shape index (κ2) is 15.4. The molecule has 0 aromatic rings. The van der Waals surface area contributed by atoms with E-state index < -0.39 is 0 Å². The molecule has 0 unspecified atom stereocenters. The first-order valence-electron chi connectivity index (χ1n) is 16.4. The highest BCUT2D eigenvalue weighted by Gasteiger charge is 2.43. The van der Waals surface area contributed by atoms with Crippen molar-refractivity contribution in [3.05, 3.63) is 0 Å². The van der Waals surface area contributed by atoms with Crippen molar-refractivity contribution in [1.29, 1.82) is 10.5 Å². The monoisotopic (exact) mass is 494 g/mol. The van der Waals surface area contributed by atoms with Gasteiger partial charge in [0.25, 0.3) is 0 Å². The summed E-state index contributed by atoms with van der Waals surface area (Å²) >= 11 is 0. The largest absolute Gasteiger partial charge is 0.198 e. The molecule has 0 amide bonds. The third kappa shape index (κ3) is 9.07. The second-order valence-corrected chi connectivity index (χ2v) is 13.6. The summed E-state index contributed by atoms with van der Waals surface area (Å²) in [6.07, 6.45) is 31.0. The van der Waals surface area contributed by atoms with E-state index in [4.69, 9.17) is 0 Å². The zero-order valence-corrected chi connectivity index (χ0v) is 24.2. The van der Waals surface area contributed by atoms with Crippen molar-refractivity contribution in [3.8, 4) is 12.1 Å². The topological polar surface area (TPSA) is 47.6 Å². The highest BCUT2D eigenvalue weighted by Crippen LogP contribution is 2.51. The zero-order valence-electron chi connectivity index (χ0n) is 24.2. The van der Waals surface area contributed by atoms with Crippen molar-refractivity contribution in [2.24, 2.45) is 34.5 Å². The Kier molecular flexibility index (Phi) is 12.6. The van der Waals surface area contributed by atoms with Gasteiger partial charge in [0.05, 0.1) is 23.0 Å². The molecule has 3 aliphatic carbocycles. The van der Waals surface area contributed by atoms with Crippen LogP contribution in [0.2, 0.25) is 0 Å². The van der Waals surface area contributed by atoms with Gasteiger partial charge in [-0.1, -0.05) is 117 Å². The molecule has 3 rings (SSSR count). The maximum absolute atomic E-state index is 10.2. The van der Waals surface area contributed by atoms with Crippen molar-refractivity contribution in [2.45, 2.75) is 168 Å². The van der Waals surface area contributed by atoms with Crippen LogP contribution in [0.4, 0.5) is 0 Å². The third-order valence-corrected chi connectivity index (χ3v) is 11.1. The van der Waals surface area contributed by atoms with Gasteiger partial charge < -0.3 is 0 Å². The summed E-state index contributed by atoms with van der Waals surface area (Å²) in [6.45, 7) is 4.60. The number of hydrogen-bond acceptors (Lipinski definition) is 2. The van der Waals surface area contributed by atoms with Gasteiger partial charge in [-0.05, 0) is 75.0 Å². The summed E-state index contributed by atoms with van der Waals surface area (Å²) in [6, 6.07) is 5.57.